The molecule has 15 heavy (non-hydrogen) atoms. The van der Waals surface area contributed by atoms with Crippen LogP contribution in [0.1, 0.15) is 0 Å². The van der Waals surface area contributed by atoms with E-state index in [0.29, 0.717) is 4.90 Å². The second-order valence-corrected chi connectivity index (χ2v) is 8.22. The predicted molar refractivity (Wildman–Crippen MR) is 67.2 cm³/mol. The van der Waals surface area contributed by atoms with E-state index in [4.69, 9.17) is 0 Å². The largest absolute Gasteiger partial charge is 0.224 e. The van der Waals surface area contributed by atoms with E-state index in [1.165, 1.54) is 0 Å². The predicted octanol–water partition coefficient (Wildman–Crippen LogP) is 2.27. The Balaban J connectivity index is 2.13. The van der Waals surface area contributed by atoms with Crippen molar-refractivity contribution in [2.24, 2.45) is 0 Å². The van der Waals surface area contributed by atoms with Gasteiger partial charge in [0.1, 0.15) is 0 Å². The molecule has 0 bridgehead atoms. The van der Waals surface area contributed by atoms with Gasteiger partial charge in [0.2, 0.25) is 0 Å². The van der Waals surface area contributed by atoms with Gasteiger partial charge in [0.15, 0.2) is 9.84 Å². The lowest BCUT2D eigenvalue weighted by molar-refractivity contribution is 0.597. The minimum atomic E-state index is -3.09. The van der Waals surface area contributed by atoms with Crippen LogP contribution in [0.2, 0.25) is 0 Å². The number of rotatable bonds is 3. The number of hydrogen-bond donors (Lipinski definition) is 0. The van der Waals surface area contributed by atoms with Crippen molar-refractivity contribution in [3.05, 3.63) is 30.3 Å². The summed E-state index contributed by atoms with van der Waals surface area (Å²) in [6, 6.07) is 8.70. The molecule has 2 nitrogen and oxygen atoms in total. The highest BCUT2D eigenvalue weighted by atomic mass is 32.2. The second-order valence-electron chi connectivity index (χ2n) is 3.27. The van der Waals surface area contributed by atoms with Crippen molar-refractivity contribution in [2.75, 3.05) is 17.3 Å². The minimum Gasteiger partial charge on any atom is -0.224 e. The Morgan fingerprint density at radius 3 is 2.33 bits per heavy atom. The molecular weight excluding hydrogens is 248 g/mol. The first-order valence-electron chi connectivity index (χ1n) is 4.69. The van der Waals surface area contributed by atoms with Gasteiger partial charge in [-0.3, -0.25) is 0 Å². The van der Waals surface area contributed by atoms with E-state index in [-0.39, 0.29) is 10.3 Å². The standard InChI is InChI=1S/C10H12O2S3/c11-15(12,8-10-13-6-7-14-10)9-4-2-1-3-5-9/h1-5,10H,6-8H2. The van der Waals surface area contributed by atoms with Crippen LogP contribution in [0, 0.1) is 0 Å². The zero-order valence-corrected chi connectivity index (χ0v) is 10.6. The van der Waals surface area contributed by atoms with Crippen molar-refractivity contribution in [1.82, 2.24) is 0 Å². The molecule has 0 N–H and O–H groups in total. The third-order valence-corrected chi connectivity index (χ3v) is 7.36. The highest BCUT2D eigenvalue weighted by molar-refractivity contribution is 8.20. The highest BCUT2D eigenvalue weighted by Gasteiger charge is 2.24. The highest BCUT2D eigenvalue weighted by Crippen LogP contribution is 2.33. The van der Waals surface area contributed by atoms with Gasteiger partial charge in [-0.15, -0.1) is 23.5 Å². The maximum absolute atomic E-state index is 12.0. The lowest BCUT2D eigenvalue weighted by Crippen LogP contribution is -2.14. The van der Waals surface area contributed by atoms with E-state index in [2.05, 4.69) is 0 Å². The van der Waals surface area contributed by atoms with Crippen molar-refractivity contribution in [3.63, 3.8) is 0 Å². The van der Waals surface area contributed by atoms with Crippen LogP contribution in [0.4, 0.5) is 0 Å². The van der Waals surface area contributed by atoms with E-state index in [9.17, 15) is 8.42 Å². The molecule has 1 heterocycles. The average molecular weight is 260 g/mol. The van der Waals surface area contributed by atoms with Crippen molar-refractivity contribution in [1.29, 1.82) is 0 Å². The Hall–Kier alpha value is -0.130. The van der Waals surface area contributed by atoms with Crippen LogP contribution in [0.3, 0.4) is 0 Å². The fourth-order valence-corrected chi connectivity index (χ4v) is 6.63. The fourth-order valence-electron chi connectivity index (χ4n) is 1.41. The van der Waals surface area contributed by atoms with Gasteiger partial charge in [-0.05, 0) is 12.1 Å². The molecule has 1 aromatic carbocycles. The molecule has 0 atom stereocenters. The zero-order chi connectivity index (χ0) is 10.7. The summed E-state index contributed by atoms with van der Waals surface area (Å²) in [4.78, 5) is 0.443. The van der Waals surface area contributed by atoms with Crippen LogP contribution in [0.15, 0.2) is 35.2 Å². The molecule has 2 rings (SSSR count). The first-order chi connectivity index (χ1) is 7.18. The molecule has 0 aromatic heterocycles. The molecule has 5 heteroatoms. The van der Waals surface area contributed by atoms with Crippen LogP contribution in [0.25, 0.3) is 0 Å². The number of hydrogen-bond acceptors (Lipinski definition) is 4. The molecule has 0 saturated carbocycles. The van der Waals surface area contributed by atoms with Gasteiger partial charge >= 0.3 is 0 Å². The van der Waals surface area contributed by atoms with Gasteiger partial charge in [0.25, 0.3) is 0 Å². The third-order valence-electron chi connectivity index (χ3n) is 2.15. The normalized spacial score (nSPS) is 18.1. The van der Waals surface area contributed by atoms with Crippen molar-refractivity contribution in [3.8, 4) is 0 Å². The van der Waals surface area contributed by atoms with Gasteiger partial charge < -0.3 is 0 Å². The Morgan fingerprint density at radius 1 is 1.13 bits per heavy atom. The number of thioether (sulfide) groups is 2. The van der Waals surface area contributed by atoms with Gasteiger partial charge in [-0.2, -0.15) is 0 Å². The van der Waals surface area contributed by atoms with Crippen LogP contribution >= 0.6 is 23.5 Å². The smallest absolute Gasteiger partial charge is 0.180 e. The zero-order valence-electron chi connectivity index (χ0n) is 8.13. The summed E-state index contributed by atoms with van der Waals surface area (Å²) in [5, 5.41) is 0. The molecule has 1 saturated heterocycles. The quantitative estimate of drug-likeness (QED) is 0.835. The van der Waals surface area contributed by atoms with Gasteiger partial charge in [0, 0.05) is 11.5 Å². The first kappa shape index (κ1) is 11.4. The molecule has 0 spiro atoms. The van der Waals surface area contributed by atoms with Gasteiger partial charge in [-0.1, -0.05) is 18.2 Å². The van der Waals surface area contributed by atoms with Crippen molar-refractivity contribution in [2.45, 2.75) is 9.48 Å². The van der Waals surface area contributed by atoms with Crippen molar-refractivity contribution >= 4 is 33.4 Å². The van der Waals surface area contributed by atoms with E-state index in [1.54, 1.807) is 47.8 Å². The fraction of sp³-hybridized carbons (Fsp3) is 0.400. The first-order valence-corrected chi connectivity index (χ1v) is 8.44. The summed E-state index contributed by atoms with van der Waals surface area (Å²) in [5.41, 5.74) is 0. The summed E-state index contributed by atoms with van der Waals surface area (Å²) in [6.07, 6.45) is 0. The maximum Gasteiger partial charge on any atom is 0.180 e. The Bertz CT molecular complexity index is 408. The monoisotopic (exact) mass is 260 g/mol. The van der Waals surface area contributed by atoms with Gasteiger partial charge in [-0.25, -0.2) is 8.42 Å². The number of benzene rings is 1. The Labute approximate surface area is 98.8 Å². The molecule has 1 fully saturated rings. The summed E-state index contributed by atoms with van der Waals surface area (Å²) >= 11 is 3.50. The van der Waals surface area contributed by atoms with Crippen LogP contribution in [-0.2, 0) is 9.84 Å². The summed E-state index contributed by atoms with van der Waals surface area (Å²) in [7, 11) is -3.09. The van der Waals surface area contributed by atoms with Crippen molar-refractivity contribution < 1.29 is 8.42 Å². The SMILES string of the molecule is O=S(=O)(CC1SCCS1)c1ccccc1. The second kappa shape index (κ2) is 4.80. The summed E-state index contributed by atoms with van der Waals surface area (Å²) < 4.78 is 24.1. The van der Waals surface area contributed by atoms with E-state index < -0.39 is 9.84 Å². The van der Waals surface area contributed by atoms with Gasteiger partial charge in [0.05, 0.1) is 15.2 Å². The third kappa shape index (κ3) is 2.92. The molecule has 1 aliphatic rings. The lowest BCUT2D eigenvalue weighted by Gasteiger charge is -2.08. The summed E-state index contributed by atoms with van der Waals surface area (Å²) in [6.45, 7) is 0. The Kier molecular flexibility index (Phi) is 3.64. The van der Waals surface area contributed by atoms with E-state index >= 15 is 0 Å². The minimum absolute atomic E-state index is 0.218. The number of sulfone groups is 1. The molecule has 1 aliphatic heterocycles. The molecule has 0 radical (unpaired) electrons. The summed E-state index contributed by atoms with van der Waals surface area (Å²) in [5.74, 6) is 2.39. The van der Waals surface area contributed by atoms with Crippen LogP contribution in [0.5, 0.6) is 0 Å². The van der Waals surface area contributed by atoms with Crippen LogP contribution < -0.4 is 0 Å². The average Bonchev–Trinajstić information content (AvgIpc) is 2.71. The molecule has 0 unspecified atom stereocenters. The lowest BCUT2D eigenvalue weighted by atomic mass is 10.4. The topological polar surface area (TPSA) is 34.1 Å². The van der Waals surface area contributed by atoms with E-state index in [1.807, 2.05) is 6.07 Å². The molecular formula is C10H12O2S3. The molecule has 1 aromatic rings. The molecule has 0 aliphatic carbocycles. The van der Waals surface area contributed by atoms with Crippen LogP contribution in [-0.4, -0.2) is 30.3 Å². The Morgan fingerprint density at radius 2 is 1.73 bits per heavy atom. The van der Waals surface area contributed by atoms with E-state index in [0.717, 1.165) is 11.5 Å². The molecule has 0 amide bonds. The maximum atomic E-state index is 12.0. The molecule has 82 valence electrons.